The van der Waals surface area contributed by atoms with Crippen LogP contribution >= 0.6 is 0 Å². The normalized spacial score (nSPS) is 16.5. The third-order valence-electron chi connectivity index (χ3n) is 1.16. The SMILES string of the molecule is CN(C)CC(O)C=C(F)C(F)(F)F. The first kappa shape index (κ1) is 12.4. The number of aliphatic hydroxyl groups excluding tert-OH is 1. The predicted molar refractivity (Wildman–Crippen MR) is 39.8 cm³/mol. The molecule has 0 aromatic rings. The van der Waals surface area contributed by atoms with Crippen molar-refractivity contribution in [2.45, 2.75) is 12.3 Å². The highest BCUT2D eigenvalue weighted by atomic mass is 19.4. The Bertz CT molecular complexity index is 187. The molecular formula is C7H11F4NO. The topological polar surface area (TPSA) is 23.5 Å². The lowest BCUT2D eigenvalue weighted by Crippen LogP contribution is -2.25. The molecule has 0 spiro atoms. The zero-order valence-corrected chi connectivity index (χ0v) is 7.27. The van der Waals surface area contributed by atoms with Gasteiger partial charge in [-0.15, -0.1) is 0 Å². The van der Waals surface area contributed by atoms with E-state index in [9.17, 15) is 17.6 Å². The summed E-state index contributed by atoms with van der Waals surface area (Å²) in [5.74, 6) is -2.26. The second-order valence-electron chi connectivity index (χ2n) is 2.84. The maximum atomic E-state index is 12.2. The molecule has 13 heavy (non-hydrogen) atoms. The fraction of sp³-hybridized carbons (Fsp3) is 0.714. The van der Waals surface area contributed by atoms with Gasteiger partial charge in [-0.2, -0.15) is 13.2 Å². The molecular weight excluding hydrogens is 190 g/mol. The van der Waals surface area contributed by atoms with Crippen molar-refractivity contribution in [1.29, 1.82) is 0 Å². The van der Waals surface area contributed by atoms with E-state index >= 15 is 0 Å². The van der Waals surface area contributed by atoms with Crippen LogP contribution in [0.2, 0.25) is 0 Å². The molecule has 78 valence electrons. The minimum Gasteiger partial charge on any atom is -0.388 e. The molecule has 6 heteroatoms. The van der Waals surface area contributed by atoms with Gasteiger partial charge < -0.3 is 10.0 Å². The Morgan fingerprint density at radius 1 is 1.46 bits per heavy atom. The monoisotopic (exact) mass is 201 g/mol. The molecule has 0 aliphatic rings. The van der Waals surface area contributed by atoms with Crippen LogP contribution in [0.4, 0.5) is 17.6 Å². The average molecular weight is 201 g/mol. The summed E-state index contributed by atoms with van der Waals surface area (Å²) in [7, 11) is 3.12. The number of halogens is 4. The Kier molecular flexibility index (Phi) is 4.35. The number of hydrogen-bond donors (Lipinski definition) is 1. The lowest BCUT2D eigenvalue weighted by atomic mass is 10.3. The van der Waals surface area contributed by atoms with Crippen LogP contribution < -0.4 is 0 Å². The largest absolute Gasteiger partial charge is 0.442 e. The lowest BCUT2D eigenvalue weighted by Gasteiger charge is -2.13. The first-order valence-electron chi connectivity index (χ1n) is 3.51. The zero-order chi connectivity index (χ0) is 10.6. The highest BCUT2D eigenvalue weighted by Gasteiger charge is 2.34. The molecule has 0 heterocycles. The molecule has 1 atom stereocenters. The van der Waals surface area contributed by atoms with E-state index in [0.717, 1.165) is 0 Å². The average Bonchev–Trinajstić information content (AvgIpc) is 1.82. The van der Waals surface area contributed by atoms with Crippen LogP contribution in [0.3, 0.4) is 0 Å². The minimum atomic E-state index is -5.01. The maximum absolute atomic E-state index is 12.2. The summed E-state index contributed by atoms with van der Waals surface area (Å²) in [5.41, 5.74) is 0. The van der Waals surface area contributed by atoms with Gasteiger partial charge in [-0.25, -0.2) is 4.39 Å². The number of allylic oxidation sites excluding steroid dienone is 1. The Hall–Kier alpha value is -0.620. The summed E-state index contributed by atoms with van der Waals surface area (Å²) < 4.78 is 46.9. The Morgan fingerprint density at radius 3 is 2.23 bits per heavy atom. The summed E-state index contributed by atoms with van der Waals surface area (Å²) in [6.07, 6.45) is -6.30. The van der Waals surface area contributed by atoms with Gasteiger partial charge in [0, 0.05) is 6.54 Å². The summed E-state index contributed by atoms with van der Waals surface area (Å²) >= 11 is 0. The van der Waals surface area contributed by atoms with Gasteiger partial charge >= 0.3 is 6.18 Å². The van der Waals surface area contributed by atoms with Crippen molar-refractivity contribution >= 4 is 0 Å². The van der Waals surface area contributed by atoms with Crippen molar-refractivity contribution in [3.8, 4) is 0 Å². The molecule has 0 aliphatic carbocycles. The van der Waals surface area contributed by atoms with Gasteiger partial charge in [0.15, 0.2) is 0 Å². The Morgan fingerprint density at radius 2 is 1.92 bits per heavy atom. The number of hydrogen-bond acceptors (Lipinski definition) is 2. The Labute approximate surface area is 73.5 Å². The van der Waals surface area contributed by atoms with Crippen LogP contribution in [0.5, 0.6) is 0 Å². The quantitative estimate of drug-likeness (QED) is 0.696. The number of likely N-dealkylation sites (N-methyl/N-ethyl adjacent to an activating group) is 1. The van der Waals surface area contributed by atoms with Crippen molar-refractivity contribution in [1.82, 2.24) is 4.90 Å². The molecule has 0 radical (unpaired) electrons. The van der Waals surface area contributed by atoms with Crippen LogP contribution in [0.1, 0.15) is 0 Å². The van der Waals surface area contributed by atoms with E-state index in [2.05, 4.69) is 0 Å². The van der Waals surface area contributed by atoms with Gasteiger partial charge in [-0.3, -0.25) is 0 Å². The second-order valence-corrected chi connectivity index (χ2v) is 2.84. The van der Waals surface area contributed by atoms with E-state index in [1.165, 1.54) is 4.90 Å². The number of aliphatic hydroxyl groups is 1. The molecule has 0 aliphatic heterocycles. The molecule has 0 fully saturated rings. The fourth-order valence-electron chi connectivity index (χ4n) is 0.690. The second kappa shape index (κ2) is 4.57. The Balaban J connectivity index is 4.22. The van der Waals surface area contributed by atoms with Crippen LogP contribution in [0, 0.1) is 0 Å². The molecule has 0 amide bonds. The number of alkyl halides is 3. The van der Waals surface area contributed by atoms with Gasteiger partial charge in [0.05, 0.1) is 6.10 Å². The first-order chi connectivity index (χ1) is 5.73. The summed E-state index contributed by atoms with van der Waals surface area (Å²) in [5, 5.41) is 8.90. The molecule has 2 nitrogen and oxygen atoms in total. The van der Waals surface area contributed by atoms with Crippen LogP contribution in [0.25, 0.3) is 0 Å². The molecule has 0 aromatic carbocycles. The molecule has 1 unspecified atom stereocenters. The molecule has 0 aromatic heterocycles. The third-order valence-corrected chi connectivity index (χ3v) is 1.16. The van der Waals surface area contributed by atoms with Crippen LogP contribution in [-0.4, -0.2) is 42.9 Å². The minimum absolute atomic E-state index is 0.0521. The van der Waals surface area contributed by atoms with Crippen molar-refractivity contribution in [2.24, 2.45) is 0 Å². The van der Waals surface area contributed by atoms with Crippen molar-refractivity contribution in [3.05, 3.63) is 11.9 Å². The van der Waals surface area contributed by atoms with Gasteiger partial charge in [0.25, 0.3) is 0 Å². The summed E-state index contributed by atoms with van der Waals surface area (Å²) in [6.45, 7) is -0.0521. The first-order valence-corrected chi connectivity index (χ1v) is 3.51. The number of nitrogens with zero attached hydrogens (tertiary/aromatic N) is 1. The zero-order valence-electron chi connectivity index (χ0n) is 7.27. The van der Waals surface area contributed by atoms with Crippen LogP contribution in [0.15, 0.2) is 11.9 Å². The highest BCUT2D eigenvalue weighted by Crippen LogP contribution is 2.26. The molecule has 0 rings (SSSR count). The van der Waals surface area contributed by atoms with Crippen molar-refractivity contribution < 1.29 is 22.7 Å². The van der Waals surface area contributed by atoms with E-state index in [-0.39, 0.29) is 12.6 Å². The van der Waals surface area contributed by atoms with Crippen LogP contribution in [-0.2, 0) is 0 Å². The van der Waals surface area contributed by atoms with Gasteiger partial charge in [0.1, 0.15) is 0 Å². The van der Waals surface area contributed by atoms with E-state index < -0.39 is 18.1 Å². The van der Waals surface area contributed by atoms with E-state index in [0.29, 0.717) is 0 Å². The fourth-order valence-corrected chi connectivity index (χ4v) is 0.690. The van der Waals surface area contributed by atoms with Crippen molar-refractivity contribution in [3.63, 3.8) is 0 Å². The van der Waals surface area contributed by atoms with E-state index in [1.807, 2.05) is 0 Å². The molecule has 1 N–H and O–H groups in total. The molecule has 0 bridgehead atoms. The maximum Gasteiger partial charge on any atom is 0.442 e. The van der Waals surface area contributed by atoms with Crippen molar-refractivity contribution in [2.75, 3.05) is 20.6 Å². The van der Waals surface area contributed by atoms with Gasteiger partial charge in [-0.1, -0.05) is 0 Å². The summed E-state index contributed by atoms with van der Waals surface area (Å²) in [6, 6.07) is 0. The third kappa shape index (κ3) is 5.59. The number of rotatable bonds is 3. The van der Waals surface area contributed by atoms with Gasteiger partial charge in [-0.05, 0) is 20.2 Å². The van der Waals surface area contributed by atoms with E-state index in [4.69, 9.17) is 5.11 Å². The smallest absolute Gasteiger partial charge is 0.388 e. The lowest BCUT2D eigenvalue weighted by molar-refractivity contribution is -0.109. The van der Waals surface area contributed by atoms with Gasteiger partial charge in [0.2, 0.25) is 5.83 Å². The summed E-state index contributed by atoms with van der Waals surface area (Å²) in [4.78, 5) is 1.45. The standard InChI is InChI=1S/C7H11F4NO/c1-12(2)4-5(13)3-6(8)7(9,10)11/h3,5,13H,4H2,1-2H3. The van der Waals surface area contributed by atoms with E-state index in [1.54, 1.807) is 14.1 Å². The predicted octanol–water partition coefficient (Wildman–Crippen LogP) is 1.32. The molecule has 0 saturated heterocycles. The highest BCUT2D eigenvalue weighted by molar-refractivity contribution is 5.02. The molecule has 0 saturated carbocycles.